The summed E-state index contributed by atoms with van der Waals surface area (Å²) in [5.74, 6) is -0.351. The highest BCUT2D eigenvalue weighted by Crippen LogP contribution is 2.30. The van der Waals surface area contributed by atoms with Gasteiger partial charge >= 0.3 is 0 Å². The van der Waals surface area contributed by atoms with E-state index in [0.29, 0.717) is 16.5 Å². The number of amides is 1. The van der Waals surface area contributed by atoms with Crippen molar-refractivity contribution in [1.82, 2.24) is 4.72 Å². The van der Waals surface area contributed by atoms with E-state index in [0.717, 1.165) is 28.7 Å². The molecule has 5 nitrogen and oxygen atoms in total. The number of anilines is 1. The second kappa shape index (κ2) is 8.63. The van der Waals surface area contributed by atoms with Gasteiger partial charge in [0, 0.05) is 29.7 Å². The molecule has 2 unspecified atom stereocenters. The molecule has 2 heterocycles. The lowest BCUT2D eigenvalue weighted by Gasteiger charge is -2.23. The van der Waals surface area contributed by atoms with Crippen LogP contribution in [0.2, 0.25) is 0 Å². The van der Waals surface area contributed by atoms with Crippen molar-refractivity contribution in [3.8, 4) is 11.1 Å². The largest absolute Gasteiger partial charge is 0.451 e. The van der Waals surface area contributed by atoms with Crippen molar-refractivity contribution in [2.45, 2.75) is 30.7 Å². The summed E-state index contributed by atoms with van der Waals surface area (Å²) in [6.45, 7) is 3.25. The molecule has 4 aromatic rings. The lowest BCUT2D eigenvalue weighted by molar-refractivity contribution is 0.0958. The summed E-state index contributed by atoms with van der Waals surface area (Å²) in [5, 5.41) is 0.848. The Morgan fingerprint density at radius 3 is 2.59 bits per heavy atom. The van der Waals surface area contributed by atoms with E-state index < -0.39 is 16.9 Å². The SMILES string of the molecule is CC1CCCN1c1ccc2cc(C(=O)NS(=O)c3ccccc3-c3ccccc3)oc2c1. The maximum atomic E-state index is 13.0. The van der Waals surface area contributed by atoms with E-state index in [-0.39, 0.29) is 5.76 Å². The molecule has 0 spiro atoms. The van der Waals surface area contributed by atoms with E-state index in [1.807, 2.05) is 60.7 Å². The zero-order valence-corrected chi connectivity index (χ0v) is 18.6. The van der Waals surface area contributed by atoms with Crippen molar-refractivity contribution in [2.75, 3.05) is 11.4 Å². The molecular formula is C26H24N2O3S. The van der Waals surface area contributed by atoms with Crippen molar-refractivity contribution < 1.29 is 13.4 Å². The third kappa shape index (κ3) is 3.94. The summed E-state index contributed by atoms with van der Waals surface area (Å²) >= 11 is 0. The summed E-state index contributed by atoms with van der Waals surface area (Å²) < 4.78 is 21.5. The first-order valence-corrected chi connectivity index (χ1v) is 11.9. The fourth-order valence-electron chi connectivity index (χ4n) is 4.30. The number of rotatable bonds is 5. The molecule has 6 heteroatoms. The minimum absolute atomic E-state index is 0.150. The first-order chi connectivity index (χ1) is 15.6. The lowest BCUT2D eigenvalue weighted by Crippen LogP contribution is -2.26. The molecule has 1 N–H and O–H groups in total. The Hall–Kier alpha value is -3.38. The van der Waals surface area contributed by atoms with E-state index in [9.17, 15) is 9.00 Å². The Morgan fingerprint density at radius 1 is 1.03 bits per heavy atom. The summed E-state index contributed by atoms with van der Waals surface area (Å²) in [5.41, 5.74) is 3.52. The number of fused-ring (bicyclic) bond motifs is 1. The van der Waals surface area contributed by atoms with Gasteiger partial charge in [0.15, 0.2) is 16.7 Å². The highest BCUT2D eigenvalue weighted by molar-refractivity contribution is 7.83. The van der Waals surface area contributed by atoms with Crippen LogP contribution in [0.15, 0.2) is 88.2 Å². The summed E-state index contributed by atoms with van der Waals surface area (Å²) in [6, 6.07) is 25.3. The van der Waals surface area contributed by atoms with E-state index in [4.69, 9.17) is 4.42 Å². The van der Waals surface area contributed by atoms with Gasteiger partial charge in [0.25, 0.3) is 5.91 Å². The molecule has 3 aromatic carbocycles. The topological polar surface area (TPSA) is 62.6 Å². The Bertz CT molecular complexity index is 1300. The number of hydrogen-bond acceptors (Lipinski definition) is 4. The van der Waals surface area contributed by atoms with Crippen LogP contribution in [0.5, 0.6) is 0 Å². The molecule has 0 saturated carbocycles. The molecular weight excluding hydrogens is 420 g/mol. The highest BCUT2D eigenvalue weighted by atomic mass is 32.2. The van der Waals surface area contributed by atoms with Crippen molar-refractivity contribution in [2.24, 2.45) is 0 Å². The van der Waals surface area contributed by atoms with Gasteiger partial charge in [-0.15, -0.1) is 0 Å². The maximum absolute atomic E-state index is 13.0. The first-order valence-electron chi connectivity index (χ1n) is 10.8. The first kappa shape index (κ1) is 20.5. The fourth-order valence-corrected chi connectivity index (χ4v) is 5.27. The minimum atomic E-state index is -1.73. The molecule has 5 rings (SSSR count). The average molecular weight is 445 g/mol. The number of nitrogens with zero attached hydrogens (tertiary/aromatic N) is 1. The van der Waals surface area contributed by atoms with Crippen molar-refractivity contribution >= 4 is 33.5 Å². The molecule has 1 saturated heterocycles. The Morgan fingerprint density at radius 2 is 1.81 bits per heavy atom. The standard InChI is InChI=1S/C26H24N2O3S/c1-18-8-7-15-28(18)21-14-13-20-16-24(31-23(20)17-21)26(29)27-32(30)25-12-6-5-11-22(25)19-9-3-2-4-10-19/h2-6,9-14,16-18H,7-8,15H2,1H3,(H,27,29). The number of hydrogen-bond donors (Lipinski definition) is 1. The quantitative estimate of drug-likeness (QED) is 0.439. The maximum Gasteiger partial charge on any atom is 0.298 e. The molecule has 0 bridgehead atoms. The fraction of sp³-hybridized carbons (Fsp3) is 0.192. The van der Waals surface area contributed by atoms with E-state index in [1.54, 1.807) is 12.1 Å². The van der Waals surface area contributed by atoms with Crippen LogP contribution in [-0.4, -0.2) is 22.7 Å². The lowest BCUT2D eigenvalue weighted by atomic mass is 10.1. The number of carbonyl (C=O) groups excluding carboxylic acids is 1. The average Bonchev–Trinajstić information content (AvgIpc) is 3.45. The van der Waals surface area contributed by atoms with E-state index in [1.165, 1.54) is 12.8 Å². The number of benzene rings is 3. The number of furan rings is 1. The van der Waals surface area contributed by atoms with Gasteiger partial charge in [-0.1, -0.05) is 48.5 Å². The third-order valence-electron chi connectivity index (χ3n) is 5.97. The van der Waals surface area contributed by atoms with Gasteiger partial charge in [0.1, 0.15) is 5.58 Å². The number of carbonyl (C=O) groups is 1. The molecule has 1 amide bonds. The van der Waals surface area contributed by atoms with E-state index >= 15 is 0 Å². The molecule has 0 radical (unpaired) electrons. The van der Waals surface area contributed by atoms with E-state index in [2.05, 4.69) is 22.6 Å². The normalized spacial score (nSPS) is 16.9. The van der Waals surface area contributed by atoms with Gasteiger partial charge in [-0.2, -0.15) is 0 Å². The molecule has 0 aliphatic carbocycles. The third-order valence-corrected chi connectivity index (χ3v) is 7.10. The smallest absolute Gasteiger partial charge is 0.298 e. The Kier molecular flexibility index (Phi) is 5.53. The predicted molar refractivity (Wildman–Crippen MR) is 128 cm³/mol. The molecule has 1 fully saturated rings. The molecule has 1 aromatic heterocycles. The predicted octanol–water partition coefficient (Wildman–Crippen LogP) is 5.54. The van der Waals surface area contributed by atoms with Crippen molar-refractivity contribution in [3.63, 3.8) is 0 Å². The van der Waals surface area contributed by atoms with Crippen LogP contribution in [-0.2, 0) is 11.0 Å². The van der Waals surface area contributed by atoms with Gasteiger partial charge < -0.3 is 9.32 Å². The van der Waals surface area contributed by atoms with Crippen molar-refractivity contribution in [3.05, 3.63) is 84.6 Å². The van der Waals surface area contributed by atoms with Crippen LogP contribution in [0.4, 0.5) is 5.69 Å². The van der Waals surface area contributed by atoms with Crippen LogP contribution < -0.4 is 9.62 Å². The van der Waals surface area contributed by atoms with Crippen LogP contribution in [0.3, 0.4) is 0 Å². The van der Waals surface area contributed by atoms with Crippen LogP contribution in [0.1, 0.15) is 30.3 Å². The summed E-state index contributed by atoms with van der Waals surface area (Å²) in [7, 11) is -1.73. The molecule has 162 valence electrons. The molecule has 32 heavy (non-hydrogen) atoms. The van der Waals surface area contributed by atoms with Crippen LogP contribution in [0.25, 0.3) is 22.1 Å². The molecule has 1 aliphatic rings. The Balaban J connectivity index is 1.38. The second-order valence-corrected chi connectivity index (χ2v) is 9.26. The van der Waals surface area contributed by atoms with Gasteiger partial charge in [0.2, 0.25) is 0 Å². The van der Waals surface area contributed by atoms with Gasteiger partial charge in [-0.05, 0) is 55.2 Å². The molecule has 2 atom stereocenters. The second-order valence-electron chi connectivity index (χ2n) is 8.08. The van der Waals surface area contributed by atoms with Gasteiger partial charge in [-0.25, -0.2) is 4.21 Å². The van der Waals surface area contributed by atoms with Gasteiger partial charge in [0.05, 0.1) is 4.90 Å². The number of nitrogens with one attached hydrogen (secondary N) is 1. The van der Waals surface area contributed by atoms with Crippen LogP contribution in [0, 0.1) is 0 Å². The van der Waals surface area contributed by atoms with Gasteiger partial charge in [-0.3, -0.25) is 9.52 Å². The van der Waals surface area contributed by atoms with Crippen molar-refractivity contribution in [1.29, 1.82) is 0 Å². The zero-order chi connectivity index (χ0) is 22.1. The summed E-state index contributed by atoms with van der Waals surface area (Å²) in [6.07, 6.45) is 2.36. The van der Waals surface area contributed by atoms with Crippen LogP contribution >= 0.6 is 0 Å². The Labute approximate surface area is 189 Å². The monoisotopic (exact) mass is 444 g/mol. The zero-order valence-electron chi connectivity index (χ0n) is 17.8. The summed E-state index contributed by atoms with van der Waals surface area (Å²) in [4.78, 5) is 15.7. The molecule has 1 aliphatic heterocycles. The minimum Gasteiger partial charge on any atom is -0.451 e. The highest BCUT2D eigenvalue weighted by Gasteiger charge is 2.22.